The van der Waals surface area contributed by atoms with Crippen LogP contribution in [0.2, 0.25) is 0 Å². The number of amides is 2. The standard InChI is InChI=1S/C58H79N9O9S/c1-36-26-48(76-36)53(68)61-50-52(65-32-58(33-65)15-7-22-73-35-58)54-60-46(31-77-54)38-9-12-47-42(27-38)44(29-57(3,4)34-75-56(70)45-8-6-16-67(62-45)55(50)69)51(66(47)21-25-74-41-13-23-72-24-14-41)43-28-40(30-59-49(43)37(2)71-5)64-19-17-63(18-20-64)39-10-11-39/h9,12,27-28,30-31,36-37,39,41,45,48,50,52,62H,6-8,10-11,13-26,29,32-35H2,1-5H3,(H,61,68)/t36-,37+,45+,48-,50+,52+/m1/s1. The molecule has 416 valence electrons. The van der Waals surface area contributed by atoms with E-state index in [-0.39, 0.29) is 42.1 Å². The van der Waals surface area contributed by atoms with E-state index in [9.17, 15) is 9.59 Å². The molecular formula is C58H79N9O9S. The fourth-order valence-electron chi connectivity index (χ4n) is 13.2. The fourth-order valence-corrected chi connectivity index (χ4v) is 14.2. The number of likely N-dealkylation sites (tertiary alicyclic amines) is 1. The summed E-state index contributed by atoms with van der Waals surface area (Å²) in [6.45, 7) is 18.0. The largest absolute Gasteiger partial charge is 0.464 e. The number of nitrogens with zero attached hydrogens (tertiary/aromatic N) is 7. The lowest BCUT2D eigenvalue weighted by molar-refractivity contribution is -0.166. The van der Waals surface area contributed by atoms with E-state index < -0.39 is 35.6 Å². The summed E-state index contributed by atoms with van der Waals surface area (Å²) in [5.41, 5.74) is 10.6. The number of hydrogen-bond donors (Lipinski definition) is 2. The quantitative estimate of drug-likeness (QED) is 0.148. The fraction of sp³-hybridized carbons (Fsp3) is 0.672. The zero-order valence-electron chi connectivity index (χ0n) is 45.8. The van der Waals surface area contributed by atoms with E-state index >= 15 is 4.79 Å². The van der Waals surface area contributed by atoms with E-state index in [4.69, 9.17) is 38.4 Å². The van der Waals surface area contributed by atoms with Gasteiger partial charge in [-0.1, -0.05) is 19.9 Å². The summed E-state index contributed by atoms with van der Waals surface area (Å²) in [6, 6.07) is 7.31. The lowest BCUT2D eigenvalue weighted by Gasteiger charge is -2.55. The summed E-state index contributed by atoms with van der Waals surface area (Å²) in [5.74, 6) is -1.07. The van der Waals surface area contributed by atoms with Crippen molar-refractivity contribution in [3.8, 4) is 22.5 Å². The Kier molecular flexibility index (Phi) is 15.3. The summed E-state index contributed by atoms with van der Waals surface area (Å²) in [7, 11) is 1.74. The van der Waals surface area contributed by atoms with Gasteiger partial charge in [0, 0.05) is 130 Å². The first-order valence-electron chi connectivity index (χ1n) is 28.7. The average Bonchev–Trinajstić information content (AvgIpc) is 4.14. The molecule has 3 aromatic heterocycles. The number of esters is 1. The van der Waals surface area contributed by atoms with Crippen LogP contribution in [0.4, 0.5) is 5.69 Å². The van der Waals surface area contributed by atoms with Crippen molar-refractivity contribution in [2.24, 2.45) is 10.8 Å². The van der Waals surface area contributed by atoms with Crippen LogP contribution in [0.25, 0.3) is 33.4 Å². The molecule has 7 fully saturated rings. The monoisotopic (exact) mass is 1080 g/mol. The SMILES string of the molecule is CO[C@@H](C)c1ncc(N2CCN(C3CC3)CC2)cc1-c1c2c3cc(ccc3n1CCOC1CCOCC1)-c1csc(n1)[C@@H](N1CC3(CCCOC3)C1)[C@H](NC(=O)[C@H]1C[C@@H](C)O1)C(=O)N1CCC[C@H](N1)C(=O)OCC(C)(C)C2. The van der Waals surface area contributed by atoms with Gasteiger partial charge in [0.1, 0.15) is 23.2 Å². The van der Waals surface area contributed by atoms with Crippen molar-refractivity contribution in [2.45, 2.75) is 147 Å². The number of carbonyl (C=O) groups excluding carboxylic acids is 3. The second kappa shape index (κ2) is 22.2. The van der Waals surface area contributed by atoms with Gasteiger partial charge in [0.25, 0.3) is 5.91 Å². The normalized spacial score (nSPS) is 27.9. The molecule has 1 aliphatic carbocycles. The van der Waals surface area contributed by atoms with Gasteiger partial charge in [0.2, 0.25) is 5.91 Å². The third-order valence-electron chi connectivity index (χ3n) is 17.7. The van der Waals surface area contributed by atoms with Crippen LogP contribution in [0.5, 0.6) is 0 Å². The highest BCUT2D eigenvalue weighted by Crippen LogP contribution is 2.47. The molecule has 18 nitrogen and oxygen atoms in total. The number of anilines is 1. The first kappa shape index (κ1) is 53.1. The maximum absolute atomic E-state index is 15.3. The van der Waals surface area contributed by atoms with Crippen molar-refractivity contribution >= 4 is 45.7 Å². The number of benzene rings is 1. The van der Waals surface area contributed by atoms with Crippen LogP contribution in [0, 0.1) is 10.8 Å². The molecule has 2 amide bonds. The Morgan fingerprint density at radius 1 is 0.974 bits per heavy atom. The van der Waals surface area contributed by atoms with Gasteiger partial charge in [0.05, 0.1) is 73.1 Å². The smallest absolute Gasteiger partial charge is 0.324 e. The van der Waals surface area contributed by atoms with Crippen LogP contribution in [0.3, 0.4) is 0 Å². The molecule has 77 heavy (non-hydrogen) atoms. The van der Waals surface area contributed by atoms with Crippen LogP contribution >= 0.6 is 11.3 Å². The van der Waals surface area contributed by atoms with Gasteiger partial charge in [-0.2, -0.15) is 0 Å². The van der Waals surface area contributed by atoms with E-state index in [1.807, 2.05) is 13.1 Å². The number of nitrogens with one attached hydrogen (secondary N) is 2. The molecule has 6 bridgehead atoms. The van der Waals surface area contributed by atoms with E-state index in [0.717, 1.165) is 120 Å². The lowest BCUT2D eigenvalue weighted by Crippen LogP contribution is -2.67. The molecule has 7 aliphatic heterocycles. The molecule has 1 spiro atoms. The summed E-state index contributed by atoms with van der Waals surface area (Å²) in [4.78, 5) is 62.0. The van der Waals surface area contributed by atoms with Crippen molar-refractivity contribution in [1.29, 1.82) is 0 Å². The first-order chi connectivity index (χ1) is 37.3. The molecule has 8 aliphatic rings. The highest BCUT2D eigenvalue weighted by atomic mass is 32.1. The molecule has 10 heterocycles. The number of piperazine rings is 1. The van der Waals surface area contributed by atoms with Gasteiger partial charge in [0.15, 0.2) is 0 Å². The second-order valence-electron chi connectivity index (χ2n) is 24.1. The molecule has 2 N–H and O–H groups in total. The number of rotatable bonds is 12. The van der Waals surface area contributed by atoms with E-state index in [2.05, 4.69) is 80.4 Å². The lowest BCUT2D eigenvalue weighted by atomic mass is 9.74. The van der Waals surface area contributed by atoms with E-state index in [0.29, 0.717) is 78.3 Å². The van der Waals surface area contributed by atoms with Crippen molar-refractivity contribution in [2.75, 3.05) is 97.5 Å². The van der Waals surface area contributed by atoms with Crippen molar-refractivity contribution in [1.82, 2.24) is 40.1 Å². The maximum atomic E-state index is 15.3. The van der Waals surface area contributed by atoms with Crippen LogP contribution in [-0.4, -0.2) is 176 Å². The van der Waals surface area contributed by atoms with Crippen LogP contribution in [0.15, 0.2) is 35.8 Å². The number of thiazole rings is 1. The van der Waals surface area contributed by atoms with Crippen LogP contribution in [-0.2, 0) is 55.8 Å². The molecule has 19 heteroatoms. The molecule has 0 unspecified atom stereocenters. The molecule has 0 radical (unpaired) electrons. The number of aromatic nitrogens is 3. The van der Waals surface area contributed by atoms with Gasteiger partial charge in [-0.05, 0) is 95.4 Å². The highest BCUT2D eigenvalue weighted by molar-refractivity contribution is 7.10. The van der Waals surface area contributed by atoms with E-state index in [1.165, 1.54) is 29.2 Å². The van der Waals surface area contributed by atoms with Crippen LogP contribution in [0.1, 0.15) is 114 Å². The van der Waals surface area contributed by atoms with Crippen molar-refractivity contribution in [3.63, 3.8) is 0 Å². The predicted molar refractivity (Wildman–Crippen MR) is 292 cm³/mol. The van der Waals surface area contributed by atoms with Gasteiger partial charge in [-0.15, -0.1) is 11.3 Å². The molecule has 6 saturated heterocycles. The number of carbonyl (C=O) groups is 3. The highest BCUT2D eigenvalue weighted by Gasteiger charge is 2.52. The number of pyridine rings is 1. The minimum absolute atomic E-state index is 0.0381. The summed E-state index contributed by atoms with van der Waals surface area (Å²) in [6.07, 6.45) is 9.67. The zero-order valence-corrected chi connectivity index (χ0v) is 46.6. The Morgan fingerprint density at radius 3 is 2.52 bits per heavy atom. The first-order valence-corrected chi connectivity index (χ1v) is 29.5. The third-order valence-corrected chi connectivity index (χ3v) is 18.6. The number of cyclic esters (lactones) is 1. The average molecular weight is 1080 g/mol. The van der Waals surface area contributed by atoms with Crippen molar-refractivity contribution in [3.05, 3.63) is 52.1 Å². The molecule has 4 aromatic rings. The van der Waals surface area contributed by atoms with Crippen LogP contribution < -0.4 is 15.6 Å². The Bertz CT molecular complexity index is 2780. The Balaban J connectivity index is 0.999. The number of hydrogen-bond acceptors (Lipinski definition) is 16. The number of fused-ring (bicyclic) bond motifs is 6. The molecule has 1 aromatic carbocycles. The topological polar surface area (TPSA) is 174 Å². The number of hydrazine groups is 1. The maximum Gasteiger partial charge on any atom is 0.324 e. The summed E-state index contributed by atoms with van der Waals surface area (Å²) in [5, 5.41) is 8.63. The number of ether oxygens (including phenoxy) is 6. The number of methoxy groups -OCH3 is 1. The molecule has 6 atom stereocenters. The van der Waals surface area contributed by atoms with Gasteiger partial charge < -0.3 is 43.2 Å². The Labute approximate surface area is 456 Å². The minimum atomic E-state index is -1.04. The molecule has 12 rings (SSSR count). The summed E-state index contributed by atoms with van der Waals surface area (Å²) < 4.78 is 39.2. The van der Waals surface area contributed by atoms with Gasteiger partial charge >= 0.3 is 5.97 Å². The zero-order chi connectivity index (χ0) is 53.0. The Hall–Kier alpha value is -4.57. The molecule has 1 saturated carbocycles. The predicted octanol–water partition coefficient (Wildman–Crippen LogP) is 6.45. The minimum Gasteiger partial charge on any atom is -0.464 e. The third kappa shape index (κ3) is 11.1. The van der Waals surface area contributed by atoms with Gasteiger partial charge in [-0.3, -0.25) is 34.2 Å². The summed E-state index contributed by atoms with van der Waals surface area (Å²) >= 11 is 1.51. The van der Waals surface area contributed by atoms with Crippen molar-refractivity contribution < 1.29 is 42.8 Å². The molecular weight excluding hydrogens is 999 g/mol. The second-order valence-corrected chi connectivity index (χ2v) is 25.0. The van der Waals surface area contributed by atoms with E-state index in [1.54, 1.807) is 7.11 Å². The Morgan fingerprint density at radius 2 is 1.78 bits per heavy atom. The van der Waals surface area contributed by atoms with Gasteiger partial charge in [-0.25, -0.2) is 10.4 Å².